The Hall–Kier alpha value is -0.970. The van der Waals surface area contributed by atoms with Crippen LogP contribution in [0.4, 0.5) is 0 Å². The first-order valence-corrected chi connectivity index (χ1v) is 5.02. The molecule has 1 aliphatic heterocycles. The van der Waals surface area contributed by atoms with Crippen molar-refractivity contribution in [1.29, 1.82) is 0 Å². The largest absolute Gasteiger partial charge is 0.473 e. The molecular formula is C8H11N3OS. The van der Waals surface area contributed by atoms with Crippen molar-refractivity contribution in [3.8, 4) is 0 Å². The standard InChI is InChI=1S/C8H11N3OS/c1-5(2)6-3-12-7(11-6)8-9-4-10-13-8/h4-6H,3H2,1-2H3. The molecule has 1 aromatic heterocycles. The van der Waals surface area contributed by atoms with E-state index in [2.05, 4.69) is 28.2 Å². The number of hydrogen-bond acceptors (Lipinski definition) is 5. The summed E-state index contributed by atoms with van der Waals surface area (Å²) >= 11 is 1.32. The maximum absolute atomic E-state index is 5.43. The van der Waals surface area contributed by atoms with Gasteiger partial charge in [0.1, 0.15) is 12.9 Å². The van der Waals surface area contributed by atoms with E-state index in [0.29, 0.717) is 18.4 Å². The molecule has 0 N–H and O–H groups in total. The van der Waals surface area contributed by atoms with Gasteiger partial charge in [0.2, 0.25) is 5.90 Å². The lowest BCUT2D eigenvalue weighted by Crippen LogP contribution is -2.13. The van der Waals surface area contributed by atoms with Crippen molar-refractivity contribution in [2.24, 2.45) is 10.9 Å². The fourth-order valence-corrected chi connectivity index (χ4v) is 1.59. The van der Waals surface area contributed by atoms with Crippen LogP contribution >= 0.6 is 11.5 Å². The number of hydrogen-bond donors (Lipinski definition) is 0. The maximum Gasteiger partial charge on any atom is 0.248 e. The molecule has 2 rings (SSSR count). The molecule has 5 heteroatoms. The number of aromatic nitrogens is 2. The van der Waals surface area contributed by atoms with Gasteiger partial charge in [0.05, 0.1) is 6.04 Å². The second-order valence-electron chi connectivity index (χ2n) is 3.30. The molecule has 0 fully saturated rings. The SMILES string of the molecule is CC(C)C1COC(c2ncns2)=N1. The Morgan fingerprint density at radius 2 is 2.46 bits per heavy atom. The van der Waals surface area contributed by atoms with Crippen LogP contribution in [0.25, 0.3) is 0 Å². The van der Waals surface area contributed by atoms with Crippen LogP contribution in [-0.4, -0.2) is 27.9 Å². The van der Waals surface area contributed by atoms with Gasteiger partial charge in [0.15, 0.2) is 5.01 Å². The van der Waals surface area contributed by atoms with E-state index in [4.69, 9.17) is 4.74 Å². The average molecular weight is 197 g/mol. The molecule has 0 aliphatic carbocycles. The predicted octanol–water partition coefficient (Wildman–Crippen LogP) is 1.34. The van der Waals surface area contributed by atoms with Gasteiger partial charge in [-0.2, -0.15) is 4.37 Å². The van der Waals surface area contributed by atoms with Crippen LogP contribution in [0.5, 0.6) is 0 Å². The topological polar surface area (TPSA) is 47.4 Å². The summed E-state index contributed by atoms with van der Waals surface area (Å²) in [6.07, 6.45) is 1.52. The van der Waals surface area contributed by atoms with Gasteiger partial charge in [-0.1, -0.05) is 13.8 Å². The van der Waals surface area contributed by atoms with Crippen LogP contribution in [0.3, 0.4) is 0 Å². The highest BCUT2D eigenvalue weighted by Gasteiger charge is 2.24. The van der Waals surface area contributed by atoms with Gasteiger partial charge in [-0.15, -0.1) is 0 Å². The lowest BCUT2D eigenvalue weighted by atomic mass is 10.1. The van der Waals surface area contributed by atoms with E-state index in [1.54, 1.807) is 0 Å². The number of nitrogens with zero attached hydrogens (tertiary/aromatic N) is 3. The molecule has 0 saturated heterocycles. The normalized spacial score (nSPS) is 21.8. The van der Waals surface area contributed by atoms with Gasteiger partial charge >= 0.3 is 0 Å². The summed E-state index contributed by atoms with van der Waals surface area (Å²) in [6, 6.07) is 0.277. The predicted molar refractivity (Wildman–Crippen MR) is 51.0 cm³/mol. The first-order valence-electron chi connectivity index (χ1n) is 4.25. The van der Waals surface area contributed by atoms with E-state index in [-0.39, 0.29) is 6.04 Å². The maximum atomic E-state index is 5.43. The molecule has 70 valence electrons. The van der Waals surface area contributed by atoms with E-state index in [0.717, 1.165) is 5.01 Å². The Morgan fingerprint density at radius 3 is 3.00 bits per heavy atom. The molecule has 1 atom stereocenters. The Bertz CT molecular complexity index is 307. The minimum atomic E-state index is 0.277. The van der Waals surface area contributed by atoms with Crippen molar-refractivity contribution in [3.05, 3.63) is 11.3 Å². The van der Waals surface area contributed by atoms with Crippen molar-refractivity contribution in [2.75, 3.05) is 6.61 Å². The molecule has 0 spiro atoms. The van der Waals surface area contributed by atoms with Gasteiger partial charge in [0.25, 0.3) is 0 Å². The Labute approximate surface area is 80.8 Å². The highest BCUT2D eigenvalue weighted by molar-refractivity contribution is 7.07. The van der Waals surface area contributed by atoms with Gasteiger partial charge in [-0.3, -0.25) is 0 Å². The highest BCUT2D eigenvalue weighted by atomic mass is 32.1. The summed E-state index contributed by atoms with van der Waals surface area (Å²) < 4.78 is 9.34. The summed E-state index contributed by atoms with van der Waals surface area (Å²) in [5.74, 6) is 1.17. The molecule has 1 aliphatic rings. The fourth-order valence-electron chi connectivity index (χ4n) is 1.12. The van der Waals surface area contributed by atoms with Crippen molar-refractivity contribution in [1.82, 2.24) is 9.36 Å². The zero-order valence-electron chi connectivity index (χ0n) is 7.60. The second kappa shape index (κ2) is 3.41. The van der Waals surface area contributed by atoms with Gasteiger partial charge in [-0.25, -0.2) is 9.98 Å². The van der Waals surface area contributed by atoms with Gasteiger partial charge in [0, 0.05) is 0 Å². The smallest absolute Gasteiger partial charge is 0.248 e. The van der Waals surface area contributed by atoms with Crippen LogP contribution in [0.1, 0.15) is 18.9 Å². The molecule has 1 unspecified atom stereocenters. The summed E-state index contributed by atoms with van der Waals surface area (Å²) in [4.78, 5) is 8.48. The third kappa shape index (κ3) is 1.70. The Kier molecular flexibility index (Phi) is 2.26. The number of rotatable bonds is 2. The molecule has 0 radical (unpaired) electrons. The van der Waals surface area contributed by atoms with Crippen molar-refractivity contribution >= 4 is 17.4 Å². The van der Waals surface area contributed by atoms with Crippen LogP contribution in [0.2, 0.25) is 0 Å². The van der Waals surface area contributed by atoms with E-state index in [9.17, 15) is 0 Å². The van der Waals surface area contributed by atoms with Gasteiger partial charge in [-0.05, 0) is 17.5 Å². The third-order valence-electron chi connectivity index (χ3n) is 1.99. The van der Waals surface area contributed by atoms with Crippen molar-refractivity contribution in [3.63, 3.8) is 0 Å². The van der Waals surface area contributed by atoms with Crippen molar-refractivity contribution < 1.29 is 4.74 Å². The zero-order chi connectivity index (χ0) is 9.26. The molecular weight excluding hydrogens is 186 g/mol. The van der Waals surface area contributed by atoms with E-state index < -0.39 is 0 Å². The average Bonchev–Trinajstić information content (AvgIpc) is 2.75. The quantitative estimate of drug-likeness (QED) is 0.718. The first-order chi connectivity index (χ1) is 6.27. The molecule has 0 aromatic carbocycles. The lowest BCUT2D eigenvalue weighted by molar-refractivity contribution is 0.292. The second-order valence-corrected chi connectivity index (χ2v) is 4.08. The minimum Gasteiger partial charge on any atom is -0.473 e. The fraction of sp³-hybridized carbons (Fsp3) is 0.625. The molecule has 2 heterocycles. The van der Waals surface area contributed by atoms with Crippen LogP contribution in [0, 0.1) is 5.92 Å². The Morgan fingerprint density at radius 1 is 1.62 bits per heavy atom. The van der Waals surface area contributed by atoms with Crippen LogP contribution in [0.15, 0.2) is 11.3 Å². The van der Waals surface area contributed by atoms with Crippen molar-refractivity contribution in [2.45, 2.75) is 19.9 Å². The van der Waals surface area contributed by atoms with E-state index >= 15 is 0 Å². The lowest BCUT2D eigenvalue weighted by Gasteiger charge is -2.06. The third-order valence-corrected chi connectivity index (χ3v) is 2.64. The molecule has 4 nitrogen and oxygen atoms in total. The summed E-state index contributed by atoms with van der Waals surface area (Å²) in [5.41, 5.74) is 0. The zero-order valence-corrected chi connectivity index (χ0v) is 8.41. The molecule has 0 amide bonds. The van der Waals surface area contributed by atoms with Crippen LogP contribution in [-0.2, 0) is 4.74 Å². The molecule has 0 bridgehead atoms. The minimum absolute atomic E-state index is 0.277. The molecule has 13 heavy (non-hydrogen) atoms. The highest BCUT2D eigenvalue weighted by Crippen LogP contribution is 2.17. The van der Waals surface area contributed by atoms with Gasteiger partial charge < -0.3 is 4.74 Å². The molecule has 1 aromatic rings. The summed E-state index contributed by atoms with van der Waals surface area (Å²) in [5, 5.41) is 0.781. The molecule has 0 saturated carbocycles. The first kappa shape index (κ1) is 8.62. The monoisotopic (exact) mass is 197 g/mol. The van der Waals surface area contributed by atoms with Crippen LogP contribution < -0.4 is 0 Å². The number of aliphatic imine (C=N–C) groups is 1. The summed E-state index contributed by atoms with van der Waals surface area (Å²) in [6.45, 7) is 4.95. The Balaban J connectivity index is 2.15. The summed E-state index contributed by atoms with van der Waals surface area (Å²) in [7, 11) is 0. The van der Waals surface area contributed by atoms with E-state index in [1.807, 2.05) is 0 Å². The van der Waals surface area contributed by atoms with E-state index in [1.165, 1.54) is 17.9 Å². The number of ether oxygens (including phenoxy) is 1.